The van der Waals surface area contributed by atoms with Gasteiger partial charge in [0.05, 0.1) is 10.6 Å². The third-order valence-corrected chi connectivity index (χ3v) is 3.95. The van der Waals surface area contributed by atoms with Crippen LogP contribution in [0, 0.1) is 0 Å². The number of anilines is 1. The first kappa shape index (κ1) is 16.0. The summed E-state index contributed by atoms with van der Waals surface area (Å²) >= 11 is 15.3. The van der Waals surface area contributed by atoms with Gasteiger partial charge in [-0.3, -0.25) is 10.1 Å². The number of carbonyl (C=O) groups excluding carboxylic acids is 1. The van der Waals surface area contributed by atoms with Crippen LogP contribution in [0.5, 0.6) is 0 Å². The van der Waals surface area contributed by atoms with Crippen molar-refractivity contribution in [3.8, 4) is 11.5 Å². The molecule has 0 unspecified atom stereocenters. The van der Waals surface area contributed by atoms with E-state index in [1.807, 2.05) is 6.07 Å². The molecule has 116 valence electrons. The van der Waals surface area contributed by atoms with Crippen LogP contribution in [0.3, 0.4) is 0 Å². The maximum Gasteiger partial charge on any atom is 0.322 e. The van der Waals surface area contributed by atoms with E-state index in [-0.39, 0.29) is 17.8 Å². The van der Waals surface area contributed by atoms with Crippen LogP contribution >= 0.6 is 39.1 Å². The smallest absolute Gasteiger partial charge is 0.322 e. The Kier molecular flexibility index (Phi) is 4.66. The molecule has 0 bridgehead atoms. The minimum atomic E-state index is -0.362. The van der Waals surface area contributed by atoms with Crippen molar-refractivity contribution < 1.29 is 9.21 Å². The number of hydrogen-bond acceptors (Lipinski definition) is 4. The topological polar surface area (TPSA) is 68.0 Å². The summed E-state index contributed by atoms with van der Waals surface area (Å²) in [7, 11) is 0. The number of halogens is 3. The van der Waals surface area contributed by atoms with E-state index in [2.05, 4.69) is 31.4 Å². The molecule has 1 amide bonds. The van der Waals surface area contributed by atoms with Gasteiger partial charge >= 0.3 is 6.01 Å². The lowest BCUT2D eigenvalue weighted by molar-refractivity contribution is 0.102. The predicted octanol–water partition coefficient (Wildman–Crippen LogP) is 5.06. The molecule has 0 aliphatic carbocycles. The molecule has 0 atom stereocenters. The minimum Gasteiger partial charge on any atom is -0.403 e. The van der Waals surface area contributed by atoms with E-state index < -0.39 is 0 Å². The number of amides is 1. The summed E-state index contributed by atoms with van der Waals surface area (Å²) in [5.74, 6) is -0.194. The lowest BCUT2D eigenvalue weighted by atomic mass is 10.2. The highest BCUT2D eigenvalue weighted by Crippen LogP contribution is 2.30. The Morgan fingerprint density at radius 3 is 2.74 bits per heavy atom. The quantitative estimate of drug-likeness (QED) is 0.652. The monoisotopic (exact) mass is 411 g/mol. The maximum absolute atomic E-state index is 12.1. The number of hydrogen-bond donors (Lipinski definition) is 1. The van der Waals surface area contributed by atoms with Crippen molar-refractivity contribution in [3.05, 3.63) is 62.5 Å². The van der Waals surface area contributed by atoms with Crippen molar-refractivity contribution in [2.24, 2.45) is 0 Å². The number of nitrogens with one attached hydrogen (secondary N) is 1. The molecule has 0 saturated heterocycles. The highest BCUT2D eigenvalue weighted by atomic mass is 79.9. The molecule has 3 aromatic rings. The third kappa shape index (κ3) is 3.72. The Morgan fingerprint density at radius 2 is 1.96 bits per heavy atom. The van der Waals surface area contributed by atoms with Crippen LogP contribution in [0.25, 0.3) is 11.5 Å². The van der Waals surface area contributed by atoms with Crippen LogP contribution in [0.15, 0.2) is 51.4 Å². The molecule has 1 N–H and O–H groups in total. The second-order valence-corrected chi connectivity index (χ2v) is 6.26. The molecule has 0 saturated carbocycles. The van der Waals surface area contributed by atoms with E-state index in [1.165, 1.54) is 0 Å². The summed E-state index contributed by atoms with van der Waals surface area (Å²) in [5.41, 5.74) is 0.953. The molecule has 0 radical (unpaired) electrons. The van der Waals surface area contributed by atoms with E-state index in [4.69, 9.17) is 27.6 Å². The molecular formula is C15H8BrCl2N3O2. The van der Waals surface area contributed by atoms with Gasteiger partial charge in [-0.05, 0) is 36.4 Å². The van der Waals surface area contributed by atoms with Crippen molar-refractivity contribution in [1.29, 1.82) is 0 Å². The Labute approximate surface area is 149 Å². The Bertz CT molecular complexity index is 883. The first-order valence-corrected chi connectivity index (χ1v) is 7.93. The molecule has 0 aliphatic heterocycles. The van der Waals surface area contributed by atoms with Crippen molar-refractivity contribution in [3.63, 3.8) is 0 Å². The molecule has 0 fully saturated rings. The fraction of sp³-hybridized carbons (Fsp3) is 0. The maximum atomic E-state index is 12.1. The minimum absolute atomic E-state index is 0.0268. The molecule has 0 spiro atoms. The second-order valence-electron chi connectivity index (χ2n) is 4.50. The molecular weight excluding hydrogens is 405 g/mol. The van der Waals surface area contributed by atoms with Gasteiger partial charge in [0.25, 0.3) is 11.8 Å². The zero-order chi connectivity index (χ0) is 16.4. The van der Waals surface area contributed by atoms with Crippen molar-refractivity contribution >= 4 is 51.1 Å². The van der Waals surface area contributed by atoms with E-state index >= 15 is 0 Å². The van der Waals surface area contributed by atoms with Crippen molar-refractivity contribution in [1.82, 2.24) is 10.2 Å². The molecule has 23 heavy (non-hydrogen) atoms. The summed E-state index contributed by atoms with van der Waals surface area (Å²) in [6.45, 7) is 0. The number of nitrogens with zero attached hydrogens (tertiary/aromatic N) is 2. The SMILES string of the molecule is O=C(Nc1nnc(-c2cc(Cl)ccc2Cl)o1)c1cccc(Br)c1. The van der Waals surface area contributed by atoms with E-state index in [9.17, 15) is 4.79 Å². The average Bonchev–Trinajstić information content (AvgIpc) is 2.98. The molecule has 8 heteroatoms. The number of benzene rings is 2. The van der Waals surface area contributed by atoms with Crippen LogP contribution in [0.2, 0.25) is 10.0 Å². The molecule has 5 nitrogen and oxygen atoms in total. The number of carbonyl (C=O) groups is 1. The zero-order valence-electron chi connectivity index (χ0n) is 11.4. The normalized spacial score (nSPS) is 10.6. The van der Waals surface area contributed by atoms with Crippen LogP contribution in [0.1, 0.15) is 10.4 Å². The standard InChI is InChI=1S/C15H8BrCl2N3O2/c16-9-3-1-2-8(6-9)13(22)19-15-21-20-14(23-15)11-7-10(17)4-5-12(11)18/h1-7H,(H,19,21,22). The van der Waals surface area contributed by atoms with Crippen LogP contribution in [0.4, 0.5) is 6.01 Å². The van der Waals surface area contributed by atoms with Crippen molar-refractivity contribution in [2.75, 3.05) is 5.32 Å². The largest absolute Gasteiger partial charge is 0.403 e. The highest BCUT2D eigenvalue weighted by molar-refractivity contribution is 9.10. The fourth-order valence-electron chi connectivity index (χ4n) is 1.84. The summed E-state index contributed by atoms with van der Waals surface area (Å²) in [6.07, 6.45) is 0. The predicted molar refractivity (Wildman–Crippen MR) is 91.8 cm³/mol. The summed E-state index contributed by atoms with van der Waals surface area (Å²) < 4.78 is 6.21. The molecule has 0 aliphatic rings. The molecule has 1 aromatic heterocycles. The van der Waals surface area contributed by atoms with E-state index in [0.29, 0.717) is 21.2 Å². The fourth-order valence-corrected chi connectivity index (χ4v) is 2.61. The Hall–Kier alpha value is -1.89. The summed E-state index contributed by atoms with van der Waals surface area (Å²) in [5, 5.41) is 11.1. The first-order valence-electron chi connectivity index (χ1n) is 6.39. The van der Waals surface area contributed by atoms with Gasteiger partial charge in [-0.2, -0.15) is 0 Å². The lowest BCUT2D eigenvalue weighted by Crippen LogP contribution is -2.11. The number of rotatable bonds is 3. The van der Waals surface area contributed by atoms with Gasteiger partial charge in [-0.1, -0.05) is 50.3 Å². The van der Waals surface area contributed by atoms with E-state index in [0.717, 1.165) is 4.47 Å². The highest BCUT2D eigenvalue weighted by Gasteiger charge is 2.15. The van der Waals surface area contributed by atoms with E-state index in [1.54, 1.807) is 36.4 Å². The molecule has 1 heterocycles. The summed E-state index contributed by atoms with van der Waals surface area (Å²) in [6, 6.07) is 11.8. The molecule has 3 rings (SSSR count). The first-order chi connectivity index (χ1) is 11.0. The number of aromatic nitrogens is 2. The Balaban J connectivity index is 1.82. The van der Waals surface area contributed by atoms with Gasteiger partial charge in [0.1, 0.15) is 0 Å². The van der Waals surface area contributed by atoms with Crippen LogP contribution < -0.4 is 5.32 Å². The third-order valence-electron chi connectivity index (χ3n) is 2.89. The zero-order valence-corrected chi connectivity index (χ0v) is 14.5. The van der Waals surface area contributed by atoms with Gasteiger partial charge in [0, 0.05) is 15.1 Å². The average molecular weight is 413 g/mol. The van der Waals surface area contributed by atoms with Crippen molar-refractivity contribution in [2.45, 2.75) is 0 Å². The summed E-state index contributed by atoms with van der Waals surface area (Å²) in [4.78, 5) is 12.1. The van der Waals surface area contributed by atoms with Gasteiger partial charge in [-0.25, -0.2) is 0 Å². The van der Waals surface area contributed by atoms with Gasteiger partial charge in [0.2, 0.25) is 0 Å². The lowest BCUT2D eigenvalue weighted by Gasteiger charge is -2.01. The Morgan fingerprint density at radius 1 is 1.13 bits per heavy atom. The van der Waals surface area contributed by atoms with Gasteiger partial charge in [0.15, 0.2) is 0 Å². The second kappa shape index (κ2) is 6.70. The van der Waals surface area contributed by atoms with Crippen LogP contribution in [-0.2, 0) is 0 Å². The molecule has 2 aromatic carbocycles. The van der Waals surface area contributed by atoms with Gasteiger partial charge < -0.3 is 4.42 Å². The van der Waals surface area contributed by atoms with Crippen LogP contribution in [-0.4, -0.2) is 16.1 Å². The van der Waals surface area contributed by atoms with Gasteiger partial charge in [-0.15, -0.1) is 5.10 Å².